The summed E-state index contributed by atoms with van der Waals surface area (Å²) in [4.78, 5) is 43.5. The van der Waals surface area contributed by atoms with Crippen LogP contribution in [-0.2, 0) is 9.53 Å². The number of nitrogens with one attached hydrogen (secondary N) is 1. The van der Waals surface area contributed by atoms with Gasteiger partial charge in [0.25, 0.3) is 5.91 Å². The number of aldehydes is 1. The molecule has 32 heavy (non-hydrogen) atoms. The first-order chi connectivity index (χ1) is 15.3. The van der Waals surface area contributed by atoms with Crippen LogP contribution in [0.4, 0.5) is 10.2 Å². The SMILES string of the molecule is COC(=O)c1cc(-c2nc(NC(C)C=O)cc(C(N)=O)n2)ccc1Oc1ccc(F)cc1. The predicted octanol–water partition coefficient (Wildman–Crippen LogP) is 2.96. The molecular weight excluding hydrogens is 419 g/mol. The second-order valence-electron chi connectivity index (χ2n) is 6.65. The molecule has 164 valence electrons. The third-order valence-corrected chi connectivity index (χ3v) is 4.24. The van der Waals surface area contributed by atoms with Gasteiger partial charge in [-0.05, 0) is 49.4 Å². The highest BCUT2D eigenvalue weighted by molar-refractivity contribution is 5.94. The highest BCUT2D eigenvalue weighted by Crippen LogP contribution is 2.30. The van der Waals surface area contributed by atoms with E-state index < -0.39 is 23.7 Å². The Morgan fingerprint density at radius 2 is 1.84 bits per heavy atom. The minimum atomic E-state index is -0.792. The molecule has 1 unspecified atom stereocenters. The summed E-state index contributed by atoms with van der Waals surface area (Å²) in [7, 11) is 1.21. The van der Waals surface area contributed by atoms with Gasteiger partial charge in [-0.2, -0.15) is 0 Å². The minimum absolute atomic E-state index is 0.0539. The number of ether oxygens (including phenoxy) is 2. The fraction of sp³-hybridized carbons (Fsp3) is 0.136. The van der Waals surface area contributed by atoms with Gasteiger partial charge in [0.2, 0.25) is 0 Å². The fourth-order valence-corrected chi connectivity index (χ4v) is 2.70. The van der Waals surface area contributed by atoms with Gasteiger partial charge >= 0.3 is 5.97 Å². The highest BCUT2D eigenvalue weighted by Gasteiger charge is 2.18. The molecule has 0 radical (unpaired) electrons. The lowest BCUT2D eigenvalue weighted by Crippen LogP contribution is -2.20. The summed E-state index contributed by atoms with van der Waals surface area (Å²) >= 11 is 0. The van der Waals surface area contributed by atoms with Gasteiger partial charge in [-0.1, -0.05) is 0 Å². The number of anilines is 1. The Balaban J connectivity index is 2.05. The summed E-state index contributed by atoms with van der Waals surface area (Å²) in [5.74, 6) is -1.16. The van der Waals surface area contributed by atoms with E-state index in [9.17, 15) is 18.8 Å². The Morgan fingerprint density at radius 1 is 1.12 bits per heavy atom. The largest absolute Gasteiger partial charge is 0.465 e. The number of halogens is 1. The van der Waals surface area contributed by atoms with E-state index in [0.29, 0.717) is 17.6 Å². The van der Waals surface area contributed by atoms with Crippen molar-refractivity contribution < 1.29 is 28.2 Å². The molecule has 0 aliphatic rings. The molecule has 1 amide bonds. The number of nitrogens with two attached hydrogens (primary N) is 1. The Labute approximate surface area is 182 Å². The Bertz CT molecular complexity index is 1170. The number of amides is 1. The topological polar surface area (TPSA) is 134 Å². The van der Waals surface area contributed by atoms with Crippen LogP contribution >= 0.6 is 0 Å². The molecule has 0 fully saturated rings. The molecule has 0 aliphatic heterocycles. The number of esters is 1. The molecular formula is C22H19FN4O5. The van der Waals surface area contributed by atoms with E-state index in [1.54, 1.807) is 13.0 Å². The number of benzene rings is 2. The molecule has 0 saturated heterocycles. The van der Waals surface area contributed by atoms with Crippen molar-refractivity contribution >= 4 is 24.0 Å². The van der Waals surface area contributed by atoms with Crippen molar-refractivity contribution in [1.29, 1.82) is 0 Å². The van der Waals surface area contributed by atoms with Crippen molar-refractivity contribution in [2.24, 2.45) is 5.73 Å². The van der Waals surface area contributed by atoms with Crippen LogP contribution in [0.25, 0.3) is 11.4 Å². The molecule has 3 rings (SSSR count). The van der Waals surface area contributed by atoms with Crippen LogP contribution < -0.4 is 15.8 Å². The summed E-state index contributed by atoms with van der Waals surface area (Å²) in [6.45, 7) is 1.61. The molecule has 0 saturated carbocycles. The van der Waals surface area contributed by atoms with E-state index in [1.165, 1.54) is 49.6 Å². The average Bonchev–Trinajstić information content (AvgIpc) is 2.79. The molecule has 10 heteroatoms. The van der Waals surface area contributed by atoms with Gasteiger partial charge in [0.1, 0.15) is 40.7 Å². The van der Waals surface area contributed by atoms with Gasteiger partial charge < -0.3 is 25.3 Å². The number of rotatable bonds is 8. The van der Waals surface area contributed by atoms with Crippen molar-refractivity contribution in [2.75, 3.05) is 12.4 Å². The number of aromatic nitrogens is 2. The van der Waals surface area contributed by atoms with E-state index >= 15 is 0 Å². The lowest BCUT2D eigenvalue weighted by Gasteiger charge is -2.13. The number of carbonyl (C=O) groups excluding carboxylic acids is 3. The first-order valence-corrected chi connectivity index (χ1v) is 9.37. The Morgan fingerprint density at radius 3 is 2.47 bits per heavy atom. The Hall–Kier alpha value is -4.34. The van der Waals surface area contributed by atoms with Crippen molar-refractivity contribution in [3.8, 4) is 22.9 Å². The molecule has 9 nitrogen and oxygen atoms in total. The summed E-state index contributed by atoms with van der Waals surface area (Å²) in [6.07, 6.45) is 0.669. The van der Waals surface area contributed by atoms with E-state index in [0.717, 1.165) is 0 Å². The zero-order valence-corrected chi connectivity index (χ0v) is 17.2. The third-order valence-electron chi connectivity index (χ3n) is 4.24. The van der Waals surface area contributed by atoms with E-state index in [2.05, 4.69) is 15.3 Å². The number of primary amides is 1. The monoisotopic (exact) mass is 438 g/mol. The maximum atomic E-state index is 13.2. The van der Waals surface area contributed by atoms with Crippen molar-refractivity contribution in [1.82, 2.24) is 9.97 Å². The second kappa shape index (κ2) is 9.65. The molecule has 0 bridgehead atoms. The summed E-state index contributed by atoms with van der Waals surface area (Å²) in [5, 5.41) is 2.82. The van der Waals surface area contributed by atoms with Crippen LogP contribution in [0.5, 0.6) is 11.5 Å². The molecule has 1 aromatic heterocycles. The number of hydrogen-bond donors (Lipinski definition) is 2. The van der Waals surface area contributed by atoms with Gasteiger partial charge in [0.05, 0.1) is 13.2 Å². The van der Waals surface area contributed by atoms with Gasteiger partial charge in [-0.3, -0.25) is 4.79 Å². The van der Waals surface area contributed by atoms with E-state index in [-0.39, 0.29) is 28.6 Å². The molecule has 3 N–H and O–H groups in total. The summed E-state index contributed by atoms with van der Waals surface area (Å²) in [5.41, 5.74) is 5.70. The number of methoxy groups -OCH3 is 1. The van der Waals surface area contributed by atoms with Crippen LogP contribution in [0.2, 0.25) is 0 Å². The average molecular weight is 438 g/mol. The molecule has 0 spiro atoms. The lowest BCUT2D eigenvalue weighted by atomic mass is 10.1. The molecule has 1 heterocycles. The van der Waals surface area contributed by atoms with Crippen LogP contribution in [0, 0.1) is 5.82 Å². The Kier molecular flexibility index (Phi) is 6.74. The quantitative estimate of drug-likeness (QED) is 0.405. The molecule has 2 aromatic carbocycles. The van der Waals surface area contributed by atoms with Gasteiger partial charge in [-0.25, -0.2) is 19.2 Å². The van der Waals surface area contributed by atoms with Crippen LogP contribution in [-0.4, -0.2) is 41.3 Å². The van der Waals surface area contributed by atoms with E-state index in [4.69, 9.17) is 15.2 Å². The minimum Gasteiger partial charge on any atom is -0.465 e. The highest BCUT2D eigenvalue weighted by atomic mass is 19.1. The smallest absolute Gasteiger partial charge is 0.341 e. The zero-order valence-electron chi connectivity index (χ0n) is 17.2. The van der Waals surface area contributed by atoms with Crippen molar-refractivity contribution in [3.05, 3.63) is 65.6 Å². The zero-order chi connectivity index (χ0) is 23.3. The fourth-order valence-electron chi connectivity index (χ4n) is 2.70. The van der Waals surface area contributed by atoms with Crippen molar-refractivity contribution in [2.45, 2.75) is 13.0 Å². The first kappa shape index (κ1) is 22.3. The third kappa shape index (κ3) is 5.22. The lowest BCUT2D eigenvalue weighted by molar-refractivity contribution is -0.108. The van der Waals surface area contributed by atoms with Gasteiger partial charge in [0, 0.05) is 11.6 Å². The summed E-state index contributed by atoms with van der Waals surface area (Å²) < 4.78 is 23.7. The van der Waals surface area contributed by atoms with Crippen LogP contribution in [0.3, 0.4) is 0 Å². The maximum Gasteiger partial charge on any atom is 0.341 e. The number of hydrogen-bond acceptors (Lipinski definition) is 8. The second-order valence-corrected chi connectivity index (χ2v) is 6.65. The van der Waals surface area contributed by atoms with Gasteiger partial charge in [-0.15, -0.1) is 0 Å². The van der Waals surface area contributed by atoms with E-state index in [1.807, 2.05) is 0 Å². The molecule has 3 aromatic rings. The normalized spacial score (nSPS) is 11.3. The van der Waals surface area contributed by atoms with Crippen LogP contribution in [0.1, 0.15) is 27.8 Å². The van der Waals surface area contributed by atoms with Crippen LogP contribution in [0.15, 0.2) is 48.5 Å². The number of carbonyl (C=O) groups is 3. The molecule has 1 atom stereocenters. The standard InChI is InChI=1S/C22H19FN4O5/c1-12(11-28)25-19-10-17(20(24)29)26-21(27-19)13-3-8-18(16(9-13)22(30)31-2)32-15-6-4-14(23)5-7-15/h3-12H,1-2H3,(H2,24,29)(H,25,26,27). The predicted molar refractivity (Wildman–Crippen MR) is 113 cm³/mol. The first-order valence-electron chi connectivity index (χ1n) is 9.37. The molecule has 0 aliphatic carbocycles. The number of nitrogens with zero attached hydrogens (tertiary/aromatic N) is 2. The summed E-state index contributed by atoms with van der Waals surface area (Å²) in [6, 6.07) is 10.5. The maximum absolute atomic E-state index is 13.2. The van der Waals surface area contributed by atoms with Gasteiger partial charge in [0.15, 0.2) is 5.82 Å². The van der Waals surface area contributed by atoms with Crippen molar-refractivity contribution in [3.63, 3.8) is 0 Å².